The van der Waals surface area contributed by atoms with Gasteiger partial charge in [-0.1, -0.05) is 15.9 Å². The zero-order chi connectivity index (χ0) is 11.4. The summed E-state index contributed by atoms with van der Waals surface area (Å²) in [7, 11) is 1.46. The van der Waals surface area contributed by atoms with Crippen LogP contribution in [0.4, 0.5) is 0 Å². The van der Waals surface area contributed by atoms with E-state index in [4.69, 9.17) is 9.84 Å². The molecule has 1 aromatic carbocycles. The Kier molecular flexibility index (Phi) is 3.96. The van der Waals surface area contributed by atoms with E-state index in [1.54, 1.807) is 6.07 Å². The lowest BCUT2D eigenvalue weighted by molar-refractivity contribution is -0.136. The number of carboxylic acid groups (broad SMARTS) is 1. The second-order valence-electron chi connectivity index (χ2n) is 3.01. The highest BCUT2D eigenvalue weighted by Gasteiger charge is 2.09. The SMILES string of the molecule is COc1cc(Br)c(CCC(=O)O)cc1O. The van der Waals surface area contributed by atoms with E-state index in [2.05, 4.69) is 15.9 Å². The molecular formula is C10H11BrO4. The lowest BCUT2D eigenvalue weighted by Gasteiger charge is -2.08. The monoisotopic (exact) mass is 274 g/mol. The molecule has 0 aliphatic heterocycles. The van der Waals surface area contributed by atoms with Crippen molar-refractivity contribution in [3.63, 3.8) is 0 Å². The number of hydrogen-bond donors (Lipinski definition) is 2. The molecule has 0 aliphatic carbocycles. The number of carbonyl (C=O) groups is 1. The number of phenols is 1. The maximum absolute atomic E-state index is 10.4. The fourth-order valence-electron chi connectivity index (χ4n) is 1.18. The Hall–Kier alpha value is -1.23. The minimum Gasteiger partial charge on any atom is -0.504 e. The van der Waals surface area contributed by atoms with Gasteiger partial charge in [0, 0.05) is 10.9 Å². The van der Waals surface area contributed by atoms with Crippen LogP contribution in [0.3, 0.4) is 0 Å². The fraction of sp³-hybridized carbons (Fsp3) is 0.300. The van der Waals surface area contributed by atoms with E-state index in [1.165, 1.54) is 13.2 Å². The minimum atomic E-state index is -0.864. The third kappa shape index (κ3) is 3.13. The van der Waals surface area contributed by atoms with Gasteiger partial charge in [0.2, 0.25) is 0 Å². The zero-order valence-corrected chi connectivity index (χ0v) is 9.74. The molecule has 0 aromatic heterocycles. The minimum absolute atomic E-state index is 0.0149. The Morgan fingerprint density at radius 2 is 2.20 bits per heavy atom. The molecule has 0 fully saturated rings. The van der Waals surface area contributed by atoms with Crippen LogP contribution in [0.25, 0.3) is 0 Å². The largest absolute Gasteiger partial charge is 0.504 e. The highest BCUT2D eigenvalue weighted by molar-refractivity contribution is 9.10. The quantitative estimate of drug-likeness (QED) is 0.883. The summed E-state index contributed by atoms with van der Waals surface area (Å²) in [6.07, 6.45) is 0.401. The van der Waals surface area contributed by atoms with E-state index in [1.807, 2.05) is 0 Å². The van der Waals surface area contributed by atoms with E-state index < -0.39 is 5.97 Å². The molecule has 0 unspecified atom stereocenters. The number of rotatable bonds is 4. The van der Waals surface area contributed by atoms with Crippen molar-refractivity contribution in [1.29, 1.82) is 0 Å². The Labute approximate surface area is 95.6 Å². The molecule has 0 amide bonds. The van der Waals surface area contributed by atoms with Crippen LogP contribution in [0.5, 0.6) is 11.5 Å². The van der Waals surface area contributed by atoms with Crippen LogP contribution >= 0.6 is 15.9 Å². The van der Waals surface area contributed by atoms with Crippen molar-refractivity contribution in [3.05, 3.63) is 22.2 Å². The lowest BCUT2D eigenvalue weighted by atomic mass is 10.1. The number of phenolic OH excluding ortho intramolecular Hbond substituents is 1. The molecule has 2 N–H and O–H groups in total. The van der Waals surface area contributed by atoms with Gasteiger partial charge in [0.25, 0.3) is 0 Å². The summed E-state index contributed by atoms with van der Waals surface area (Å²) in [5, 5.41) is 18.0. The molecule has 0 saturated carbocycles. The first-order chi connectivity index (χ1) is 7.04. The first-order valence-corrected chi connectivity index (χ1v) is 5.11. The van der Waals surface area contributed by atoms with Gasteiger partial charge >= 0.3 is 5.97 Å². The fourth-order valence-corrected chi connectivity index (χ4v) is 1.70. The smallest absolute Gasteiger partial charge is 0.303 e. The third-order valence-corrected chi connectivity index (χ3v) is 2.69. The molecule has 0 bridgehead atoms. The topological polar surface area (TPSA) is 66.8 Å². The van der Waals surface area contributed by atoms with Crippen molar-refractivity contribution in [2.24, 2.45) is 0 Å². The number of ether oxygens (including phenoxy) is 1. The molecule has 4 nitrogen and oxygen atoms in total. The van der Waals surface area contributed by atoms with Gasteiger partial charge in [-0.05, 0) is 24.1 Å². The summed E-state index contributed by atoms with van der Waals surface area (Å²) in [5.41, 5.74) is 0.746. The second-order valence-corrected chi connectivity index (χ2v) is 3.86. The lowest BCUT2D eigenvalue weighted by Crippen LogP contribution is -1.98. The highest BCUT2D eigenvalue weighted by atomic mass is 79.9. The molecule has 82 valence electrons. The van der Waals surface area contributed by atoms with Gasteiger partial charge in [0.05, 0.1) is 7.11 Å². The Balaban J connectivity index is 2.90. The van der Waals surface area contributed by atoms with Crippen molar-refractivity contribution in [2.45, 2.75) is 12.8 Å². The van der Waals surface area contributed by atoms with Gasteiger partial charge in [0.1, 0.15) is 0 Å². The maximum Gasteiger partial charge on any atom is 0.303 e. The average Bonchev–Trinajstić information content (AvgIpc) is 2.18. The summed E-state index contributed by atoms with van der Waals surface area (Å²) in [5.74, 6) is -0.487. The first kappa shape index (κ1) is 11.8. The number of halogens is 1. The highest BCUT2D eigenvalue weighted by Crippen LogP contribution is 2.32. The number of methoxy groups -OCH3 is 1. The van der Waals surface area contributed by atoms with Crippen LogP contribution < -0.4 is 4.74 Å². The second kappa shape index (κ2) is 5.02. The van der Waals surface area contributed by atoms with E-state index in [-0.39, 0.29) is 12.2 Å². The molecule has 15 heavy (non-hydrogen) atoms. The van der Waals surface area contributed by atoms with Crippen LogP contribution in [0.1, 0.15) is 12.0 Å². The number of benzene rings is 1. The average molecular weight is 275 g/mol. The van der Waals surface area contributed by atoms with E-state index in [9.17, 15) is 9.90 Å². The molecule has 0 saturated heterocycles. The number of aromatic hydroxyl groups is 1. The van der Waals surface area contributed by atoms with Gasteiger partial charge in [-0.25, -0.2) is 0 Å². The van der Waals surface area contributed by atoms with E-state index in [0.29, 0.717) is 12.2 Å². The van der Waals surface area contributed by atoms with Crippen molar-refractivity contribution >= 4 is 21.9 Å². The van der Waals surface area contributed by atoms with Crippen LogP contribution in [0.15, 0.2) is 16.6 Å². The van der Waals surface area contributed by atoms with Crippen molar-refractivity contribution < 1.29 is 19.7 Å². The van der Waals surface area contributed by atoms with Crippen molar-refractivity contribution in [1.82, 2.24) is 0 Å². The molecule has 0 atom stereocenters. The number of hydrogen-bond acceptors (Lipinski definition) is 3. The molecule has 5 heteroatoms. The summed E-state index contributed by atoms with van der Waals surface area (Å²) < 4.78 is 5.64. The summed E-state index contributed by atoms with van der Waals surface area (Å²) >= 11 is 3.29. The van der Waals surface area contributed by atoms with Crippen LogP contribution in [0, 0.1) is 0 Å². The van der Waals surface area contributed by atoms with E-state index >= 15 is 0 Å². The van der Waals surface area contributed by atoms with Crippen molar-refractivity contribution in [3.8, 4) is 11.5 Å². The van der Waals surface area contributed by atoms with Crippen LogP contribution in [0.2, 0.25) is 0 Å². The van der Waals surface area contributed by atoms with Gasteiger partial charge in [-0.3, -0.25) is 4.79 Å². The normalized spacial score (nSPS) is 10.0. The van der Waals surface area contributed by atoms with Gasteiger partial charge < -0.3 is 14.9 Å². The Bertz CT molecular complexity index is 376. The van der Waals surface area contributed by atoms with Crippen LogP contribution in [-0.2, 0) is 11.2 Å². The molecular weight excluding hydrogens is 264 g/mol. The van der Waals surface area contributed by atoms with Gasteiger partial charge in [-0.15, -0.1) is 0 Å². The number of aliphatic carboxylic acids is 1. The molecule has 1 aromatic rings. The van der Waals surface area contributed by atoms with Gasteiger partial charge in [-0.2, -0.15) is 0 Å². The molecule has 1 rings (SSSR count). The molecule has 0 spiro atoms. The number of carboxylic acids is 1. The van der Waals surface area contributed by atoms with Crippen molar-refractivity contribution in [2.75, 3.05) is 7.11 Å². The predicted molar refractivity (Wildman–Crippen MR) is 58.3 cm³/mol. The van der Waals surface area contributed by atoms with Crippen LogP contribution in [-0.4, -0.2) is 23.3 Å². The molecule has 0 heterocycles. The molecule has 0 radical (unpaired) electrons. The van der Waals surface area contributed by atoms with E-state index in [0.717, 1.165) is 10.0 Å². The third-order valence-electron chi connectivity index (χ3n) is 1.96. The zero-order valence-electron chi connectivity index (χ0n) is 8.16. The Morgan fingerprint density at radius 3 is 2.73 bits per heavy atom. The molecule has 0 aliphatic rings. The summed E-state index contributed by atoms with van der Waals surface area (Å²) in [6.45, 7) is 0. The van der Waals surface area contributed by atoms with Gasteiger partial charge in [0.15, 0.2) is 11.5 Å². The summed E-state index contributed by atoms with van der Waals surface area (Å²) in [6, 6.07) is 3.12. The summed E-state index contributed by atoms with van der Waals surface area (Å²) in [4.78, 5) is 10.4. The number of aryl methyl sites for hydroxylation is 1. The Morgan fingerprint density at radius 1 is 1.53 bits per heavy atom. The standard InChI is InChI=1S/C10H11BrO4/c1-15-9-5-7(11)6(4-8(9)12)2-3-10(13)14/h4-5,12H,2-3H2,1H3,(H,13,14). The first-order valence-electron chi connectivity index (χ1n) is 4.31. The predicted octanol–water partition coefficient (Wildman–Crippen LogP) is 2.18. The maximum atomic E-state index is 10.4.